The first kappa shape index (κ1) is 15.8. The Labute approximate surface area is 122 Å². The predicted molar refractivity (Wildman–Crippen MR) is 80.9 cm³/mol. The fourth-order valence-corrected chi connectivity index (χ4v) is 4.38. The van der Waals surface area contributed by atoms with E-state index in [0.29, 0.717) is 18.1 Å². The molecule has 0 aromatic heterocycles. The molecule has 1 aliphatic heterocycles. The smallest absolute Gasteiger partial charge is 0.323 e. The molecule has 2 rings (SSSR count). The number of aliphatic carboxylic acids is 1. The van der Waals surface area contributed by atoms with Crippen LogP contribution in [-0.4, -0.2) is 45.7 Å². The van der Waals surface area contributed by atoms with Crippen molar-refractivity contribution in [3.05, 3.63) is 0 Å². The van der Waals surface area contributed by atoms with Gasteiger partial charge in [0.15, 0.2) is 0 Å². The van der Waals surface area contributed by atoms with Gasteiger partial charge in [-0.25, -0.2) is 0 Å². The van der Waals surface area contributed by atoms with Gasteiger partial charge >= 0.3 is 5.97 Å². The van der Waals surface area contributed by atoms with Crippen LogP contribution in [0, 0.1) is 0 Å². The number of carboxylic acid groups (broad SMARTS) is 1. The van der Waals surface area contributed by atoms with Gasteiger partial charge in [-0.15, -0.1) is 0 Å². The number of carboxylic acids is 1. The minimum absolute atomic E-state index is 0.211. The molecule has 0 spiro atoms. The van der Waals surface area contributed by atoms with Crippen LogP contribution in [-0.2, 0) is 4.79 Å². The quantitative estimate of drug-likeness (QED) is 0.814. The third-order valence-corrected chi connectivity index (χ3v) is 5.20. The number of hydrogen-bond donors (Lipinski definition) is 2. The van der Waals surface area contributed by atoms with Crippen LogP contribution in [0.25, 0.3) is 0 Å². The maximum absolute atomic E-state index is 11.8. The SMILES string of the molecule is CCC1CCC(C)N1C1CCC(NC(C)C)(C(=O)O)C1. The predicted octanol–water partition coefficient (Wildman–Crippen LogP) is 2.62. The van der Waals surface area contributed by atoms with Gasteiger partial charge in [-0.05, 0) is 59.3 Å². The van der Waals surface area contributed by atoms with Crippen molar-refractivity contribution < 1.29 is 9.90 Å². The molecule has 2 N–H and O–H groups in total. The number of nitrogens with zero attached hydrogens (tertiary/aromatic N) is 1. The molecule has 116 valence electrons. The maximum atomic E-state index is 11.8. The van der Waals surface area contributed by atoms with Crippen molar-refractivity contribution >= 4 is 5.97 Å². The van der Waals surface area contributed by atoms with Gasteiger partial charge in [0, 0.05) is 24.2 Å². The Kier molecular flexibility index (Phi) is 4.75. The summed E-state index contributed by atoms with van der Waals surface area (Å²) in [5.41, 5.74) is -0.709. The highest BCUT2D eigenvalue weighted by atomic mass is 16.4. The standard InChI is InChI=1S/C16H30N2O2/c1-5-13-7-6-12(4)18(13)14-8-9-16(10-14,15(19)20)17-11(2)3/h11-14,17H,5-10H2,1-4H3,(H,19,20). The van der Waals surface area contributed by atoms with Gasteiger partial charge in [-0.1, -0.05) is 6.92 Å². The van der Waals surface area contributed by atoms with Crippen LogP contribution < -0.4 is 5.32 Å². The van der Waals surface area contributed by atoms with Crippen molar-refractivity contribution in [2.24, 2.45) is 0 Å². The van der Waals surface area contributed by atoms with E-state index in [1.807, 2.05) is 13.8 Å². The van der Waals surface area contributed by atoms with Gasteiger partial charge in [0.05, 0.1) is 0 Å². The summed E-state index contributed by atoms with van der Waals surface area (Å²) < 4.78 is 0. The number of nitrogens with one attached hydrogen (secondary N) is 1. The minimum atomic E-state index is -0.709. The first-order chi connectivity index (χ1) is 9.39. The number of rotatable bonds is 5. The molecule has 20 heavy (non-hydrogen) atoms. The molecule has 4 atom stereocenters. The summed E-state index contributed by atoms with van der Waals surface area (Å²) in [5, 5.41) is 13.0. The van der Waals surface area contributed by atoms with E-state index in [1.54, 1.807) is 0 Å². The Hall–Kier alpha value is -0.610. The Bertz CT molecular complexity index is 358. The number of hydrogen-bond acceptors (Lipinski definition) is 3. The topological polar surface area (TPSA) is 52.6 Å². The third-order valence-electron chi connectivity index (χ3n) is 5.20. The average molecular weight is 282 g/mol. The van der Waals surface area contributed by atoms with E-state index < -0.39 is 11.5 Å². The monoisotopic (exact) mass is 282 g/mol. The molecule has 0 aromatic rings. The van der Waals surface area contributed by atoms with Crippen molar-refractivity contribution in [1.29, 1.82) is 0 Å². The van der Waals surface area contributed by atoms with Crippen LogP contribution in [0.2, 0.25) is 0 Å². The van der Waals surface area contributed by atoms with Gasteiger partial charge in [-0.2, -0.15) is 0 Å². The van der Waals surface area contributed by atoms with Crippen molar-refractivity contribution in [3.8, 4) is 0 Å². The van der Waals surface area contributed by atoms with E-state index in [0.717, 1.165) is 19.3 Å². The molecule has 1 aliphatic carbocycles. The molecule has 4 heteroatoms. The van der Waals surface area contributed by atoms with E-state index in [2.05, 4.69) is 24.1 Å². The Morgan fingerprint density at radius 1 is 1.40 bits per heavy atom. The lowest BCUT2D eigenvalue weighted by molar-refractivity contribution is -0.145. The lowest BCUT2D eigenvalue weighted by Crippen LogP contribution is -2.54. The van der Waals surface area contributed by atoms with Crippen molar-refractivity contribution in [1.82, 2.24) is 10.2 Å². The minimum Gasteiger partial charge on any atom is -0.480 e. The highest BCUT2D eigenvalue weighted by Gasteiger charge is 2.49. The third kappa shape index (κ3) is 2.86. The van der Waals surface area contributed by atoms with Gasteiger partial charge in [-0.3, -0.25) is 15.0 Å². The van der Waals surface area contributed by atoms with Gasteiger partial charge in [0.2, 0.25) is 0 Å². The van der Waals surface area contributed by atoms with Crippen molar-refractivity contribution in [3.63, 3.8) is 0 Å². The van der Waals surface area contributed by atoms with Crippen molar-refractivity contribution in [2.75, 3.05) is 0 Å². The molecule has 1 heterocycles. The highest BCUT2D eigenvalue weighted by molar-refractivity contribution is 5.79. The average Bonchev–Trinajstić information content (AvgIpc) is 2.93. The first-order valence-corrected chi connectivity index (χ1v) is 8.18. The Morgan fingerprint density at radius 2 is 2.10 bits per heavy atom. The number of likely N-dealkylation sites (tertiary alicyclic amines) is 1. The molecule has 1 saturated heterocycles. The molecule has 2 aliphatic rings. The van der Waals surface area contributed by atoms with Gasteiger partial charge < -0.3 is 5.11 Å². The normalized spacial score (nSPS) is 38.8. The second-order valence-corrected chi connectivity index (χ2v) is 7.02. The Morgan fingerprint density at radius 3 is 2.65 bits per heavy atom. The van der Waals surface area contributed by atoms with Gasteiger partial charge in [0.25, 0.3) is 0 Å². The molecule has 1 saturated carbocycles. The van der Waals surface area contributed by atoms with Crippen LogP contribution >= 0.6 is 0 Å². The van der Waals surface area contributed by atoms with E-state index >= 15 is 0 Å². The summed E-state index contributed by atoms with van der Waals surface area (Å²) in [6.07, 6.45) is 6.22. The molecular formula is C16H30N2O2. The number of carbonyl (C=O) groups is 1. The summed E-state index contributed by atoms with van der Waals surface area (Å²) in [6, 6.07) is 1.90. The van der Waals surface area contributed by atoms with Crippen LogP contribution in [0.15, 0.2) is 0 Å². The zero-order chi connectivity index (χ0) is 14.9. The van der Waals surface area contributed by atoms with Crippen LogP contribution in [0.4, 0.5) is 0 Å². The highest BCUT2D eigenvalue weighted by Crippen LogP contribution is 2.39. The molecule has 2 fully saturated rings. The molecule has 4 unspecified atom stereocenters. The fourth-order valence-electron chi connectivity index (χ4n) is 4.38. The summed E-state index contributed by atoms with van der Waals surface area (Å²) >= 11 is 0. The maximum Gasteiger partial charge on any atom is 0.323 e. The molecule has 4 nitrogen and oxygen atoms in total. The van der Waals surface area contributed by atoms with Gasteiger partial charge in [0.1, 0.15) is 5.54 Å². The van der Waals surface area contributed by atoms with E-state index in [9.17, 15) is 9.90 Å². The summed E-state index contributed by atoms with van der Waals surface area (Å²) in [4.78, 5) is 14.4. The molecule has 0 aromatic carbocycles. The largest absolute Gasteiger partial charge is 0.480 e. The zero-order valence-corrected chi connectivity index (χ0v) is 13.4. The van der Waals surface area contributed by atoms with Crippen molar-refractivity contribution in [2.45, 2.75) is 95.9 Å². The first-order valence-electron chi connectivity index (χ1n) is 8.18. The second kappa shape index (κ2) is 6.02. The van der Waals surface area contributed by atoms with Crippen LogP contribution in [0.1, 0.15) is 66.2 Å². The molecule has 0 radical (unpaired) electrons. The summed E-state index contributed by atoms with van der Waals surface area (Å²) in [7, 11) is 0. The molecule has 0 bridgehead atoms. The lowest BCUT2D eigenvalue weighted by Gasteiger charge is -2.35. The summed E-state index contributed by atoms with van der Waals surface area (Å²) in [6.45, 7) is 8.62. The van der Waals surface area contributed by atoms with Crippen LogP contribution in [0.3, 0.4) is 0 Å². The Balaban J connectivity index is 2.11. The zero-order valence-electron chi connectivity index (χ0n) is 13.4. The second-order valence-electron chi connectivity index (χ2n) is 7.02. The lowest BCUT2D eigenvalue weighted by atomic mass is 9.96. The summed E-state index contributed by atoms with van der Waals surface area (Å²) in [5.74, 6) is -0.673. The van der Waals surface area contributed by atoms with E-state index in [-0.39, 0.29) is 6.04 Å². The molecule has 0 amide bonds. The van der Waals surface area contributed by atoms with E-state index in [1.165, 1.54) is 19.3 Å². The van der Waals surface area contributed by atoms with Crippen LogP contribution in [0.5, 0.6) is 0 Å². The fraction of sp³-hybridized carbons (Fsp3) is 0.938. The molecular weight excluding hydrogens is 252 g/mol. The van der Waals surface area contributed by atoms with E-state index in [4.69, 9.17) is 0 Å².